The fourth-order valence-corrected chi connectivity index (χ4v) is 3.25. The van der Waals surface area contributed by atoms with Crippen LogP contribution in [0, 0.1) is 0 Å². The summed E-state index contributed by atoms with van der Waals surface area (Å²) in [4.78, 5) is 36.3. The second kappa shape index (κ2) is 12.9. The molecule has 3 rings (SSSR count). The number of nitrogens with zero attached hydrogens (tertiary/aromatic N) is 1. The molecule has 3 aromatic rings. The first-order valence-corrected chi connectivity index (χ1v) is 11.3. The first-order valence-electron chi connectivity index (χ1n) is 10.9. The summed E-state index contributed by atoms with van der Waals surface area (Å²) in [5.74, 6) is -1.29. The minimum Gasteiger partial charge on any atom is -0.495 e. The van der Waals surface area contributed by atoms with Crippen molar-refractivity contribution in [2.75, 3.05) is 19.0 Å². The SMILES string of the molecule is COc1ccc(Cl)cc1NC(=O)C(=O)N/N=C\c1ccc(OCC(=O)N[C@H](C)c2ccccc2)cc1. The van der Waals surface area contributed by atoms with Crippen molar-refractivity contribution in [2.24, 2.45) is 5.10 Å². The van der Waals surface area contributed by atoms with Crippen LogP contribution in [-0.4, -0.2) is 37.7 Å². The molecule has 0 fully saturated rings. The van der Waals surface area contributed by atoms with E-state index in [2.05, 4.69) is 21.2 Å². The van der Waals surface area contributed by atoms with Crippen LogP contribution in [0.25, 0.3) is 0 Å². The second-order valence-electron chi connectivity index (χ2n) is 7.56. The average molecular weight is 509 g/mol. The van der Waals surface area contributed by atoms with Crippen LogP contribution in [0.5, 0.6) is 11.5 Å². The van der Waals surface area contributed by atoms with Crippen LogP contribution in [0.2, 0.25) is 5.02 Å². The molecule has 0 unspecified atom stereocenters. The third-order valence-electron chi connectivity index (χ3n) is 4.92. The smallest absolute Gasteiger partial charge is 0.329 e. The fraction of sp³-hybridized carbons (Fsp3) is 0.154. The van der Waals surface area contributed by atoms with Crippen LogP contribution in [0.3, 0.4) is 0 Å². The molecule has 10 heteroatoms. The molecule has 36 heavy (non-hydrogen) atoms. The molecule has 3 aromatic carbocycles. The third kappa shape index (κ3) is 7.85. The number of hydrazone groups is 1. The molecule has 0 saturated carbocycles. The average Bonchev–Trinajstić information content (AvgIpc) is 2.88. The number of amides is 3. The first-order chi connectivity index (χ1) is 17.4. The van der Waals surface area contributed by atoms with Crippen LogP contribution in [0.1, 0.15) is 24.1 Å². The van der Waals surface area contributed by atoms with Gasteiger partial charge in [-0.25, -0.2) is 5.43 Å². The fourth-order valence-electron chi connectivity index (χ4n) is 3.08. The maximum atomic E-state index is 12.2. The molecule has 0 heterocycles. The van der Waals surface area contributed by atoms with Crippen LogP contribution >= 0.6 is 11.6 Å². The molecule has 3 N–H and O–H groups in total. The van der Waals surface area contributed by atoms with Gasteiger partial charge in [0.05, 0.1) is 25.1 Å². The molecule has 0 aromatic heterocycles. The zero-order valence-corrected chi connectivity index (χ0v) is 20.4. The minimum atomic E-state index is -0.969. The van der Waals surface area contributed by atoms with Gasteiger partial charge < -0.3 is 20.1 Å². The Morgan fingerprint density at radius 2 is 1.72 bits per heavy atom. The summed E-state index contributed by atoms with van der Waals surface area (Å²) in [6.45, 7) is 1.77. The lowest BCUT2D eigenvalue weighted by Crippen LogP contribution is -2.32. The Hall–Kier alpha value is -4.37. The number of anilines is 1. The van der Waals surface area contributed by atoms with Crippen LogP contribution in [-0.2, 0) is 14.4 Å². The highest BCUT2D eigenvalue weighted by atomic mass is 35.5. The zero-order chi connectivity index (χ0) is 25.9. The second-order valence-corrected chi connectivity index (χ2v) is 7.99. The number of ether oxygens (including phenoxy) is 2. The van der Waals surface area contributed by atoms with E-state index in [0.29, 0.717) is 22.1 Å². The van der Waals surface area contributed by atoms with E-state index in [4.69, 9.17) is 21.1 Å². The molecule has 1 atom stereocenters. The van der Waals surface area contributed by atoms with Gasteiger partial charge in [0.1, 0.15) is 11.5 Å². The Kier molecular flexibility index (Phi) is 9.41. The molecule has 0 spiro atoms. The van der Waals surface area contributed by atoms with Gasteiger partial charge in [-0.3, -0.25) is 14.4 Å². The number of nitrogens with one attached hydrogen (secondary N) is 3. The van der Waals surface area contributed by atoms with Gasteiger partial charge in [0.15, 0.2) is 6.61 Å². The molecular formula is C26H25ClN4O5. The summed E-state index contributed by atoms with van der Waals surface area (Å²) in [7, 11) is 1.43. The summed E-state index contributed by atoms with van der Waals surface area (Å²) in [6, 6.07) is 20.8. The van der Waals surface area contributed by atoms with Gasteiger partial charge in [0.2, 0.25) is 0 Å². The lowest BCUT2D eigenvalue weighted by molar-refractivity contribution is -0.136. The predicted molar refractivity (Wildman–Crippen MR) is 137 cm³/mol. The monoisotopic (exact) mass is 508 g/mol. The largest absolute Gasteiger partial charge is 0.495 e. The molecule has 0 saturated heterocycles. The van der Waals surface area contributed by atoms with Crippen molar-refractivity contribution >= 4 is 41.2 Å². The van der Waals surface area contributed by atoms with Crippen LogP contribution < -0.4 is 25.5 Å². The molecular weight excluding hydrogens is 484 g/mol. The zero-order valence-electron chi connectivity index (χ0n) is 19.7. The molecule has 0 aliphatic carbocycles. The molecule has 0 aliphatic rings. The number of methoxy groups -OCH3 is 1. The molecule has 0 bridgehead atoms. The van der Waals surface area contributed by atoms with E-state index in [0.717, 1.165) is 5.56 Å². The molecule has 0 aliphatic heterocycles. The van der Waals surface area contributed by atoms with Gasteiger partial charge in [-0.15, -0.1) is 0 Å². The highest BCUT2D eigenvalue weighted by Gasteiger charge is 2.15. The maximum Gasteiger partial charge on any atom is 0.329 e. The normalized spacial score (nSPS) is 11.4. The number of rotatable bonds is 9. The molecule has 0 radical (unpaired) electrons. The Balaban J connectivity index is 1.44. The van der Waals surface area contributed by atoms with E-state index in [1.54, 1.807) is 36.4 Å². The van der Waals surface area contributed by atoms with Gasteiger partial charge in [0, 0.05) is 5.02 Å². The van der Waals surface area contributed by atoms with E-state index in [-0.39, 0.29) is 24.2 Å². The van der Waals surface area contributed by atoms with E-state index in [9.17, 15) is 14.4 Å². The Morgan fingerprint density at radius 3 is 2.42 bits per heavy atom. The van der Waals surface area contributed by atoms with Crippen molar-refractivity contribution in [3.8, 4) is 11.5 Å². The van der Waals surface area contributed by atoms with Gasteiger partial charge in [0.25, 0.3) is 5.91 Å². The van der Waals surface area contributed by atoms with Crippen LogP contribution in [0.4, 0.5) is 5.69 Å². The molecule has 9 nitrogen and oxygen atoms in total. The van der Waals surface area contributed by atoms with E-state index < -0.39 is 11.8 Å². The summed E-state index contributed by atoms with van der Waals surface area (Å²) in [5.41, 5.74) is 4.05. The van der Waals surface area contributed by atoms with E-state index in [1.165, 1.54) is 19.4 Å². The number of carbonyl (C=O) groups is 3. The Bertz CT molecular complexity index is 1230. The molecule has 3 amide bonds. The van der Waals surface area contributed by atoms with Gasteiger partial charge in [-0.1, -0.05) is 41.9 Å². The van der Waals surface area contributed by atoms with Crippen molar-refractivity contribution in [3.05, 3.63) is 88.9 Å². The maximum absolute atomic E-state index is 12.2. The van der Waals surface area contributed by atoms with Crippen molar-refractivity contribution in [1.82, 2.24) is 10.7 Å². The number of hydrogen-bond donors (Lipinski definition) is 3. The summed E-state index contributed by atoms with van der Waals surface area (Å²) in [5, 5.41) is 9.45. The lowest BCUT2D eigenvalue weighted by Gasteiger charge is -2.14. The van der Waals surface area contributed by atoms with Gasteiger partial charge in [-0.05, 0) is 60.5 Å². The first kappa shape index (κ1) is 26.2. The van der Waals surface area contributed by atoms with Gasteiger partial charge in [-0.2, -0.15) is 5.10 Å². The molecule has 186 valence electrons. The number of halogens is 1. The van der Waals surface area contributed by atoms with Crippen molar-refractivity contribution in [1.29, 1.82) is 0 Å². The van der Waals surface area contributed by atoms with Crippen molar-refractivity contribution in [3.63, 3.8) is 0 Å². The van der Waals surface area contributed by atoms with Crippen LogP contribution in [0.15, 0.2) is 77.9 Å². The quantitative estimate of drug-likeness (QED) is 0.231. The topological polar surface area (TPSA) is 118 Å². The summed E-state index contributed by atoms with van der Waals surface area (Å²) in [6.07, 6.45) is 1.36. The standard InChI is InChI=1S/C26H25ClN4O5/c1-17(19-6-4-3-5-7-19)29-24(32)16-36-21-11-8-18(9-12-21)15-28-31-26(34)25(33)30-22-14-20(27)10-13-23(22)35-2/h3-15,17H,16H2,1-2H3,(H,29,32)(H,30,33)(H,31,34)/b28-15-/t17-/m1/s1. The summed E-state index contributed by atoms with van der Waals surface area (Å²) < 4.78 is 10.6. The number of benzene rings is 3. The van der Waals surface area contributed by atoms with Crippen molar-refractivity contribution in [2.45, 2.75) is 13.0 Å². The Labute approximate surface area is 213 Å². The number of carbonyl (C=O) groups excluding carboxylic acids is 3. The lowest BCUT2D eigenvalue weighted by atomic mass is 10.1. The van der Waals surface area contributed by atoms with Gasteiger partial charge >= 0.3 is 11.8 Å². The Morgan fingerprint density at radius 1 is 1.00 bits per heavy atom. The van der Waals surface area contributed by atoms with Crippen molar-refractivity contribution < 1.29 is 23.9 Å². The number of hydrogen-bond acceptors (Lipinski definition) is 6. The minimum absolute atomic E-state index is 0.132. The predicted octanol–water partition coefficient (Wildman–Crippen LogP) is 3.69. The highest BCUT2D eigenvalue weighted by molar-refractivity contribution is 6.40. The van der Waals surface area contributed by atoms with E-state index >= 15 is 0 Å². The third-order valence-corrected chi connectivity index (χ3v) is 5.16. The summed E-state index contributed by atoms with van der Waals surface area (Å²) >= 11 is 5.92. The van der Waals surface area contributed by atoms with E-state index in [1.807, 2.05) is 37.3 Å². The highest BCUT2D eigenvalue weighted by Crippen LogP contribution is 2.27.